The average molecular weight is 359 g/mol. The smallest absolute Gasteiger partial charge is 0.416 e. The predicted molar refractivity (Wildman–Crippen MR) is 84.2 cm³/mol. The molecule has 1 aliphatic heterocycles. The maximum Gasteiger partial charge on any atom is 0.416 e. The van der Waals surface area contributed by atoms with Crippen LogP contribution in [0.1, 0.15) is 12.5 Å². The molecule has 2 rings (SSSR count). The molecule has 0 saturated carbocycles. The molecule has 1 saturated heterocycles. The van der Waals surface area contributed by atoms with Crippen LogP contribution >= 0.6 is 0 Å². The van der Waals surface area contributed by atoms with Gasteiger partial charge < -0.3 is 19.9 Å². The second-order valence-corrected chi connectivity index (χ2v) is 5.51. The summed E-state index contributed by atoms with van der Waals surface area (Å²) in [6, 6.07) is 4.03. The summed E-state index contributed by atoms with van der Waals surface area (Å²) in [5, 5.41) is 2.70. The molecule has 25 heavy (non-hydrogen) atoms. The van der Waals surface area contributed by atoms with Crippen molar-refractivity contribution in [3.63, 3.8) is 0 Å². The van der Waals surface area contributed by atoms with E-state index in [2.05, 4.69) is 5.32 Å². The molecule has 9 heteroatoms. The maximum absolute atomic E-state index is 12.5. The summed E-state index contributed by atoms with van der Waals surface area (Å²) in [5.74, 6) is -0.0715. The van der Waals surface area contributed by atoms with Crippen LogP contribution in [0.5, 0.6) is 5.75 Å². The van der Waals surface area contributed by atoms with Crippen molar-refractivity contribution in [3.8, 4) is 5.75 Å². The summed E-state index contributed by atoms with van der Waals surface area (Å²) < 4.78 is 42.7. The zero-order valence-electron chi connectivity index (χ0n) is 13.8. The van der Waals surface area contributed by atoms with Crippen molar-refractivity contribution in [1.29, 1.82) is 0 Å². The second-order valence-electron chi connectivity index (χ2n) is 5.51. The van der Waals surface area contributed by atoms with Gasteiger partial charge in [-0.05, 0) is 31.2 Å². The van der Waals surface area contributed by atoms with Crippen molar-refractivity contribution in [3.05, 3.63) is 29.8 Å². The van der Waals surface area contributed by atoms with Gasteiger partial charge in [0, 0.05) is 32.7 Å². The molecule has 6 nitrogen and oxygen atoms in total. The molecule has 0 bridgehead atoms. The Morgan fingerprint density at radius 3 is 2.16 bits per heavy atom. The van der Waals surface area contributed by atoms with Crippen LogP contribution in [0.4, 0.5) is 18.0 Å². The zero-order chi connectivity index (χ0) is 18.4. The largest absolute Gasteiger partial charge is 0.484 e. The highest BCUT2D eigenvalue weighted by atomic mass is 19.4. The number of urea groups is 1. The second kappa shape index (κ2) is 8.09. The fourth-order valence-corrected chi connectivity index (χ4v) is 2.40. The fourth-order valence-electron chi connectivity index (χ4n) is 2.40. The van der Waals surface area contributed by atoms with Crippen molar-refractivity contribution in [2.75, 3.05) is 39.3 Å². The molecule has 0 atom stereocenters. The number of halogens is 3. The molecule has 138 valence electrons. The molecular weight excluding hydrogens is 339 g/mol. The Bertz CT molecular complexity index is 597. The minimum Gasteiger partial charge on any atom is -0.484 e. The first-order valence-electron chi connectivity index (χ1n) is 7.92. The maximum atomic E-state index is 12.5. The standard InChI is InChI=1S/C16H20F3N3O3/c1-2-20-15(24)22-9-7-21(8-10-22)14(23)11-25-13-5-3-12(4-6-13)16(17,18)19/h3-6H,2,7-11H2,1H3,(H,20,24). The van der Waals surface area contributed by atoms with Gasteiger partial charge in [0.2, 0.25) is 0 Å². The van der Waals surface area contributed by atoms with E-state index in [-0.39, 0.29) is 24.3 Å². The van der Waals surface area contributed by atoms with Gasteiger partial charge in [-0.2, -0.15) is 13.2 Å². The summed E-state index contributed by atoms with van der Waals surface area (Å²) >= 11 is 0. The molecular formula is C16H20F3N3O3. The van der Waals surface area contributed by atoms with Gasteiger partial charge in [0.15, 0.2) is 6.61 Å². The van der Waals surface area contributed by atoms with Crippen molar-refractivity contribution in [2.45, 2.75) is 13.1 Å². The quantitative estimate of drug-likeness (QED) is 0.894. The zero-order valence-corrected chi connectivity index (χ0v) is 13.8. The number of hydrogen-bond acceptors (Lipinski definition) is 3. The van der Waals surface area contributed by atoms with E-state index in [0.717, 1.165) is 12.1 Å². The normalized spacial score (nSPS) is 15.0. The van der Waals surface area contributed by atoms with Crippen LogP contribution in [-0.2, 0) is 11.0 Å². The van der Waals surface area contributed by atoms with Crippen molar-refractivity contribution in [2.24, 2.45) is 0 Å². The first-order valence-corrected chi connectivity index (χ1v) is 7.92. The Morgan fingerprint density at radius 2 is 1.64 bits per heavy atom. The lowest BCUT2D eigenvalue weighted by atomic mass is 10.2. The number of carbonyl (C=O) groups is 2. The summed E-state index contributed by atoms with van der Waals surface area (Å²) in [6.45, 7) is 3.76. The number of ether oxygens (including phenoxy) is 1. The molecule has 1 N–H and O–H groups in total. The fraction of sp³-hybridized carbons (Fsp3) is 0.500. The Balaban J connectivity index is 1.78. The Labute approximate surface area is 143 Å². The number of hydrogen-bond donors (Lipinski definition) is 1. The lowest BCUT2D eigenvalue weighted by molar-refractivity contribution is -0.138. The lowest BCUT2D eigenvalue weighted by Gasteiger charge is -2.34. The van der Waals surface area contributed by atoms with Crippen LogP contribution in [0, 0.1) is 0 Å². The Kier molecular flexibility index (Phi) is 6.11. The molecule has 1 aliphatic rings. The van der Waals surface area contributed by atoms with Crippen LogP contribution in [0.15, 0.2) is 24.3 Å². The molecule has 0 aliphatic carbocycles. The number of carbonyl (C=O) groups excluding carboxylic acids is 2. The molecule has 1 aromatic carbocycles. The molecule has 0 spiro atoms. The molecule has 0 aromatic heterocycles. The van der Waals surface area contributed by atoms with E-state index in [1.807, 2.05) is 6.92 Å². The molecule has 1 heterocycles. The third kappa shape index (κ3) is 5.27. The van der Waals surface area contributed by atoms with Crippen molar-refractivity contribution in [1.82, 2.24) is 15.1 Å². The van der Waals surface area contributed by atoms with E-state index in [1.54, 1.807) is 9.80 Å². The van der Waals surface area contributed by atoms with Gasteiger partial charge in [-0.25, -0.2) is 4.79 Å². The van der Waals surface area contributed by atoms with Gasteiger partial charge in [-0.1, -0.05) is 0 Å². The SMILES string of the molecule is CCNC(=O)N1CCN(C(=O)COc2ccc(C(F)(F)F)cc2)CC1. The van der Waals surface area contributed by atoms with E-state index in [4.69, 9.17) is 4.74 Å². The third-order valence-corrected chi connectivity index (χ3v) is 3.79. The number of amides is 3. The summed E-state index contributed by atoms with van der Waals surface area (Å²) in [4.78, 5) is 27.0. The van der Waals surface area contributed by atoms with E-state index in [9.17, 15) is 22.8 Å². The van der Waals surface area contributed by atoms with E-state index in [0.29, 0.717) is 32.7 Å². The van der Waals surface area contributed by atoms with Gasteiger partial charge in [0.1, 0.15) is 5.75 Å². The number of nitrogens with one attached hydrogen (secondary N) is 1. The number of piperazine rings is 1. The van der Waals surface area contributed by atoms with Gasteiger partial charge in [-0.3, -0.25) is 4.79 Å². The van der Waals surface area contributed by atoms with E-state index >= 15 is 0 Å². The van der Waals surface area contributed by atoms with Crippen molar-refractivity contribution >= 4 is 11.9 Å². The van der Waals surface area contributed by atoms with E-state index in [1.165, 1.54) is 12.1 Å². The van der Waals surface area contributed by atoms with Crippen LogP contribution in [-0.4, -0.2) is 61.1 Å². The summed E-state index contributed by atoms with van der Waals surface area (Å²) in [6.07, 6.45) is -4.40. The highest BCUT2D eigenvalue weighted by Gasteiger charge is 2.30. The highest BCUT2D eigenvalue weighted by molar-refractivity contribution is 5.79. The average Bonchev–Trinajstić information content (AvgIpc) is 2.59. The number of rotatable bonds is 4. The third-order valence-electron chi connectivity index (χ3n) is 3.79. The Morgan fingerprint density at radius 1 is 1.08 bits per heavy atom. The van der Waals surface area contributed by atoms with Crippen LogP contribution in [0.3, 0.4) is 0 Å². The molecule has 3 amide bonds. The Hall–Kier alpha value is -2.45. The molecule has 1 aromatic rings. The predicted octanol–water partition coefficient (Wildman–Crippen LogP) is 1.96. The van der Waals surface area contributed by atoms with Gasteiger partial charge >= 0.3 is 12.2 Å². The first kappa shape index (κ1) is 18.9. The minimum atomic E-state index is -4.40. The monoisotopic (exact) mass is 359 g/mol. The molecule has 1 fully saturated rings. The number of alkyl halides is 3. The van der Waals surface area contributed by atoms with Crippen LogP contribution in [0.25, 0.3) is 0 Å². The van der Waals surface area contributed by atoms with Crippen LogP contribution < -0.4 is 10.1 Å². The topological polar surface area (TPSA) is 61.9 Å². The van der Waals surface area contributed by atoms with Gasteiger partial charge in [0.25, 0.3) is 5.91 Å². The summed E-state index contributed by atoms with van der Waals surface area (Å²) in [5.41, 5.74) is -0.771. The van der Waals surface area contributed by atoms with E-state index < -0.39 is 11.7 Å². The summed E-state index contributed by atoms with van der Waals surface area (Å²) in [7, 11) is 0. The first-order chi connectivity index (χ1) is 11.8. The van der Waals surface area contributed by atoms with Crippen LogP contribution in [0.2, 0.25) is 0 Å². The highest BCUT2D eigenvalue weighted by Crippen LogP contribution is 2.30. The van der Waals surface area contributed by atoms with Crippen molar-refractivity contribution < 1.29 is 27.5 Å². The molecule has 0 radical (unpaired) electrons. The number of nitrogens with zero attached hydrogens (tertiary/aromatic N) is 2. The number of benzene rings is 1. The lowest BCUT2D eigenvalue weighted by Crippen LogP contribution is -2.53. The van der Waals surface area contributed by atoms with Gasteiger partial charge in [-0.15, -0.1) is 0 Å². The minimum absolute atomic E-state index is 0.157. The van der Waals surface area contributed by atoms with Gasteiger partial charge in [0.05, 0.1) is 5.56 Å². The molecule has 0 unspecified atom stereocenters.